The summed E-state index contributed by atoms with van der Waals surface area (Å²) in [6.45, 7) is 0. The van der Waals surface area contributed by atoms with Gasteiger partial charge in [-0.3, -0.25) is 10.0 Å². The average molecular weight is 160 g/mol. The van der Waals surface area contributed by atoms with Gasteiger partial charge in [-0.2, -0.15) is 0 Å². The van der Waals surface area contributed by atoms with Crippen LogP contribution in [0, 0.1) is 0 Å². The number of carbonyl (C=O) groups is 2. The number of hydrogen-bond acceptors (Lipinski definition) is 4. The van der Waals surface area contributed by atoms with E-state index in [4.69, 9.17) is 5.21 Å². The van der Waals surface area contributed by atoms with Crippen LogP contribution in [0.15, 0.2) is 0 Å². The predicted molar refractivity (Wildman–Crippen MR) is 38.1 cm³/mol. The van der Waals surface area contributed by atoms with Gasteiger partial charge in [0.1, 0.15) is 6.29 Å². The fourth-order valence-corrected chi connectivity index (χ4v) is 0.623. The molecule has 0 aliphatic heterocycles. The lowest BCUT2D eigenvalue weighted by atomic mass is 10.2. The van der Waals surface area contributed by atoms with Gasteiger partial charge in [0.25, 0.3) is 0 Å². The molecule has 5 heteroatoms. The first-order valence-electron chi connectivity index (χ1n) is 3.30. The molecule has 0 aromatic carbocycles. The highest BCUT2D eigenvalue weighted by atomic mass is 16.5. The van der Waals surface area contributed by atoms with Crippen molar-refractivity contribution in [3.05, 3.63) is 0 Å². The Morgan fingerprint density at radius 1 is 1.73 bits per heavy atom. The van der Waals surface area contributed by atoms with E-state index in [1.54, 1.807) is 7.05 Å². The molecule has 5 nitrogen and oxygen atoms in total. The van der Waals surface area contributed by atoms with Crippen molar-refractivity contribution >= 4 is 12.2 Å². The van der Waals surface area contributed by atoms with Gasteiger partial charge >= 0.3 is 0 Å². The summed E-state index contributed by atoms with van der Waals surface area (Å²) in [6.07, 6.45) is 1.26. The number of hydrogen-bond donors (Lipinski definition) is 3. The zero-order valence-corrected chi connectivity index (χ0v) is 6.33. The largest absolute Gasteiger partial charge is 0.311 e. The highest BCUT2D eigenvalue weighted by molar-refractivity contribution is 5.75. The summed E-state index contributed by atoms with van der Waals surface area (Å²) in [7, 11) is 1.63. The van der Waals surface area contributed by atoms with Crippen molar-refractivity contribution in [2.75, 3.05) is 7.05 Å². The van der Waals surface area contributed by atoms with Crippen LogP contribution >= 0.6 is 0 Å². The maximum absolute atomic E-state index is 10.4. The molecule has 64 valence electrons. The molecule has 0 aromatic heterocycles. The third kappa shape index (κ3) is 4.46. The molecule has 0 heterocycles. The van der Waals surface area contributed by atoms with E-state index >= 15 is 0 Å². The molecule has 0 aromatic rings. The minimum Gasteiger partial charge on any atom is -0.311 e. The molecule has 1 amide bonds. The van der Waals surface area contributed by atoms with Gasteiger partial charge < -0.3 is 10.1 Å². The molecule has 0 saturated heterocycles. The molecule has 0 aliphatic rings. The normalized spacial score (nSPS) is 12.2. The lowest BCUT2D eigenvalue weighted by molar-refractivity contribution is -0.129. The smallest absolute Gasteiger partial charge is 0.243 e. The Labute approximate surface area is 64.7 Å². The van der Waals surface area contributed by atoms with Gasteiger partial charge in [-0.25, -0.2) is 5.48 Å². The zero-order chi connectivity index (χ0) is 8.69. The summed E-state index contributed by atoms with van der Waals surface area (Å²) >= 11 is 0. The minimum absolute atomic E-state index is 0.140. The quantitative estimate of drug-likeness (QED) is 0.275. The fraction of sp³-hybridized carbons (Fsp3) is 0.667. The van der Waals surface area contributed by atoms with Gasteiger partial charge in [-0.05, 0) is 13.5 Å². The first kappa shape index (κ1) is 10.1. The number of amides is 1. The SMILES string of the molecule is CNC(C=O)CCC(=O)NO. The second kappa shape index (κ2) is 5.82. The number of nitrogens with one attached hydrogen (secondary N) is 2. The summed E-state index contributed by atoms with van der Waals surface area (Å²) < 4.78 is 0. The molecule has 0 spiro atoms. The van der Waals surface area contributed by atoms with Crippen molar-refractivity contribution in [3.63, 3.8) is 0 Å². The summed E-state index contributed by atoms with van der Waals surface area (Å²) in [4.78, 5) is 20.6. The first-order valence-corrected chi connectivity index (χ1v) is 3.30. The van der Waals surface area contributed by atoms with E-state index in [1.807, 2.05) is 0 Å². The Morgan fingerprint density at radius 3 is 2.73 bits per heavy atom. The van der Waals surface area contributed by atoms with E-state index in [-0.39, 0.29) is 12.5 Å². The highest BCUT2D eigenvalue weighted by Gasteiger charge is 2.06. The van der Waals surface area contributed by atoms with Gasteiger partial charge in [0.15, 0.2) is 0 Å². The van der Waals surface area contributed by atoms with Crippen molar-refractivity contribution in [1.82, 2.24) is 10.8 Å². The minimum atomic E-state index is -0.480. The Hall–Kier alpha value is -0.940. The lowest BCUT2D eigenvalue weighted by Gasteiger charge is -2.06. The summed E-state index contributed by atoms with van der Waals surface area (Å²) in [5.74, 6) is -0.480. The number of likely N-dealkylation sites (N-methyl/N-ethyl adjacent to an activating group) is 1. The van der Waals surface area contributed by atoms with E-state index in [1.165, 1.54) is 5.48 Å². The first-order chi connectivity index (χ1) is 5.24. The van der Waals surface area contributed by atoms with Gasteiger partial charge in [0.05, 0.1) is 6.04 Å². The van der Waals surface area contributed by atoms with Crippen LogP contribution in [-0.2, 0) is 9.59 Å². The van der Waals surface area contributed by atoms with Gasteiger partial charge in [-0.1, -0.05) is 0 Å². The summed E-state index contributed by atoms with van der Waals surface area (Å²) in [5.41, 5.74) is 1.49. The molecule has 0 fully saturated rings. The molecule has 0 aliphatic carbocycles. The average Bonchev–Trinajstić information content (AvgIpc) is 2.06. The number of hydroxylamine groups is 1. The Balaban J connectivity index is 3.50. The summed E-state index contributed by atoms with van der Waals surface area (Å²) in [5, 5.41) is 10.8. The Morgan fingerprint density at radius 2 is 2.36 bits per heavy atom. The fourth-order valence-electron chi connectivity index (χ4n) is 0.623. The molecule has 0 radical (unpaired) electrons. The van der Waals surface area contributed by atoms with E-state index in [0.717, 1.165) is 6.29 Å². The molecule has 3 N–H and O–H groups in total. The van der Waals surface area contributed by atoms with Crippen molar-refractivity contribution < 1.29 is 14.8 Å². The zero-order valence-electron chi connectivity index (χ0n) is 6.33. The van der Waals surface area contributed by atoms with Crippen molar-refractivity contribution in [3.8, 4) is 0 Å². The molecule has 11 heavy (non-hydrogen) atoms. The number of carbonyl (C=O) groups excluding carboxylic acids is 2. The lowest BCUT2D eigenvalue weighted by Crippen LogP contribution is -2.29. The van der Waals surface area contributed by atoms with Gasteiger partial charge in [0.2, 0.25) is 5.91 Å². The Bertz CT molecular complexity index is 138. The monoisotopic (exact) mass is 160 g/mol. The standard InChI is InChI=1S/C6H12N2O3/c1-7-5(4-9)2-3-6(10)8-11/h4-5,7,11H,2-3H2,1H3,(H,8,10). The van der Waals surface area contributed by atoms with Gasteiger partial charge in [0, 0.05) is 6.42 Å². The van der Waals surface area contributed by atoms with Crippen LogP contribution in [0.3, 0.4) is 0 Å². The maximum Gasteiger partial charge on any atom is 0.243 e. The van der Waals surface area contributed by atoms with Crippen LogP contribution < -0.4 is 10.8 Å². The molecule has 1 atom stereocenters. The third-order valence-corrected chi connectivity index (χ3v) is 1.34. The van der Waals surface area contributed by atoms with Crippen LogP contribution in [0.1, 0.15) is 12.8 Å². The van der Waals surface area contributed by atoms with Crippen molar-refractivity contribution in [1.29, 1.82) is 0 Å². The van der Waals surface area contributed by atoms with Crippen LogP contribution in [0.4, 0.5) is 0 Å². The molecule has 1 unspecified atom stereocenters. The number of aldehydes is 1. The molecule has 0 saturated carbocycles. The van der Waals surface area contributed by atoms with E-state index in [9.17, 15) is 9.59 Å². The second-order valence-electron chi connectivity index (χ2n) is 2.10. The van der Waals surface area contributed by atoms with Crippen LogP contribution in [0.2, 0.25) is 0 Å². The molecule has 0 rings (SSSR count). The van der Waals surface area contributed by atoms with Crippen LogP contribution in [0.5, 0.6) is 0 Å². The maximum atomic E-state index is 10.4. The highest BCUT2D eigenvalue weighted by Crippen LogP contribution is 1.92. The molecular weight excluding hydrogens is 148 g/mol. The van der Waals surface area contributed by atoms with Gasteiger partial charge in [-0.15, -0.1) is 0 Å². The van der Waals surface area contributed by atoms with Crippen molar-refractivity contribution in [2.45, 2.75) is 18.9 Å². The third-order valence-electron chi connectivity index (χ3n) is 1.34. The number of rotatable bonds is 5. The summed E-state index contributed by atoms with van der Waals surface area (Å²) in [6, 6.07) is -0.313. The second-order valence-corrected chi connectivity index (χ2v) is 2.10. The Kier molecular flexibility index (Phi) is 5.32. The topological polar surface area (TPSA) is 78.4 Å². The predicted octanol–water partition coefficient (Wildman–Crippen LogP) is -0.941. The van der Waals surface area contributed by atoms with E-state index in [0.29, 0.717) is 6.42 Å². The molecular formula is C6H12N2O3. The van der Waals surface area contributed by atoms with Crippen LogP contribution in [-0.4, -0.2) is 30.5 Å². The van der Waals surface area contributed by atoms with Crippen molar-refractivity contribution in [2.24, 2.45) is 0 Å². The van der Waals surface area contributed by atoms with Crippen LogP contribution in [0.25, 0.3) is 0 Å². The van der Waals surface area contributed by atoms with E-state index < -0.39 is 5.91 Å². The van der Waals surface area contributed by atoms with E-state index in [2.05, 4.69) is 5.32 Å². The molecule has 0 bridgehead atoms.